The molecule has 162 valence electrons. The van der Waals surface area contributed by atoms with Crippen molar-refractivity contribution in [3.05, 3.63) is 23.3 Å². The summed E-state index contributed by atoms with van der Waals surface area (Å²) in [5.41, 5.74) is 3.08. The number of nitrogens with one attached hydrogen (secondary N) is 1. The highest BCUT2D eigenvalue weighted by Crippen LogP contribution is 2.45. The van der Waals surface area contributed by atoms with Gasteiger partial charge in [-0.2, -0.15) is 0 Å². The fourth-order valence-corrected chi connectivity index (χ4v) is 5.31. The Morgan fingerprint density at radius 2 is 1.38 bits per heavy atom. The summed E-state index contributed by atoms with van der Waals surface area (Å²) >= 11 is 0. The molecule has 0 radical (unpaired) electrons. The van der Waals surface area contributed by atoms with E-state index in [2.05, 4.69) is 24.4 Å². The van der Waals surface area contributed by atoms with E-state index in [1.54, 1.807) is 0 Å². The number of amides is 1. The maximum Gasteiger partial charge on any atom is 0.224 e. The predicted molar refractivity (Wildman–Crippen MR) is 122 cm³/mol. The molecule has 0 heterocycles. The number of phenols is 1. The molecule has 0 saturated heterocycles. The largest absolute Gasteiger partial charge is 0.507 e. The number of anilines is 1. The number of carbonyl (C=O) groups excluding carboxylic acids is 1. The van der Waals surface area contributed by atoms with Crippen molar-refractivity contribution >= 4 is 11.6 Å². The minimum absolute atomic E-state index is 0.122. The maximum atomic E-state index is 12.5. The highest BCUT2D eigenvalue weighted by molar-refractivity contribution is 5.91. The third-order valence-corrected chi connectivity index (χ3v) is 7.05. The summed E-state index contributed by atoms with van der Waals surface area (Å²) in [7, 11) is 0. The summed E-state index contributed by atoms with van der Waals surface area (Å²) in [5.74, 6) is 1.53. The van der Waals surface area contributed by atoms with Crippen molar-refractivity contribution in [3.63, 3.8) is 0 Å². The van der Waals surface area contributed by atoms with E-state index < -0.39 is 0 Å². The van der Waals surface area contributed by atoms with Gasteiger partial charge in [0.05, 0.1) is 0 Å². The molecule has 0 aliphatic heterocycles. The summed E-state index contributed by atoms with van der Waals surface area (Å²) in [6.07, 6.45) is 18.7. The van der Waals surface area contributed by atoms with Crippen molar-refractivity contribution in [1.82, 2.24) is 0 Å². The Kier molecular flexibility index (Phi) is 8.89. The van der Waals surface area contributed by atoms with E-state index in [1.807, 2.05) is 0 Å². The molecule has 0 atom stereocenters. The van der Waals surface area contributed by atoms with Crippen LogP contribution in [0.5, 0.6) is 5.75 Å². The SMILES string of the molecule is CCCCCCCC(=O)Nc1cc(C2CCCCC2)c(O)c(C2CCCCC2)c1. The van der Waals surface area contributed by atoms with Gasteiger partial charge in [-0.05, 0) is 67.2 Å². The number of unbranched alkanes of at least 4 members (excludes halogenated alkanes) is 4. The van der Waals surface area contributed by atoms with Gasteiger partial charge >= 0.3 is 0 Å². The lowest BCUT2D eigenvalue weighted by molar-refractivity contribution is -0.116. The zero-order valence-electron chi connectivity index (χ0n) is 18.5. The summed E-state index contributed by atoms with van der Waals surface area (Å²) in [6, 6.07) is 4.15. The van der Waals surface area contributed by atoms with Gasteiger partial charge < -0.3 is 10.4 Å². The Hall–Kier alpha value is -1.51. The van der Waals surface area contributed by atoms with Crippen LogP contribution in [0, 0.1) is 0 Å². The van der Waals surface area contributed by atoms with Crippen LogP contribution in [-0.2, 0) is 4.79 Å². The van der Waals surface area contributed by atoms with Crippen LogP contribution < -0.4 is 5.32 Å². The Morgan fingerprint density at radius 3 is 1.90 bits per heavy atom. The van der Waals surface area contributed by atoms with E-state index in [0.717, 1.165) is 55.3 Å². The molecule has 3 rings (SSSR count). The number of rotatable bonds is 9. The van der Waals surface area contributed by atoms with Gasteiger partial charge in [-0.25, -0.2) is 0 Å². The third-order valence-electron chi connectivity index (χ3n) is 7.05. The average molecular weight is 400 g/mol. The normalized spacial score (nSPS) is 18.7. The summed E-state index contributed by atoms with van der Waals surface area (Å²) in [6.45, 7) is 2.21. The van der Waals surface area contributed by atoms with Crippen LogP contribution in [0.3, 0.4) is 0 Å². The Balaban J connectivity index is 1.73. The Labute approximate surface area is 177 Å². The summed E-state index contributed by atoms with van der Waals surface area (Å²) in [4.78, 5) is 12.5. The van der Waals surface area contributed by atoms with E-state index in [1.165, 1.54) is 57.8 Å². The first-order chi connectivity index (χ1) is 14.2. The number of phenolic OH excluding ortho intramolecular Hbond substituents is 1. The molecule has 0 bridgehead atoms. The van der Waals surface area contributed by atoms with Gasteiger partial charge in [0.1, 0.15) is 5.75 Å². The van der Waals surface area contributed by atoms with E-state index in [-0.39, 0.29) is 5.91 Å². The van der Waals surface area contributed by atoms with E-state index in [4.69, 9.17) is 0 Å². The van der Waals surface area contributed by atoms with Crippen molar-refractivity contribution in [1.29, 1.82) is 0 Å². The molecule has 2 fully saturated rings. The van der Waals surface area contributed by atoms with Crippen molar-refractivity contribution in [2.24, 2.45) is 0 Å². The first-order valence-electron chi connectivity index (χ1n) is 12.4. The van der Waals surface area contributed by atoms with Gasteiger partial charge in [-0.1, -0.05) is 71.1 Å². The van der Waals surface area contributed by atoms with Gasteiger partial charge in [0, 0.05) is 12.1 Å². The van der Waals surface area contributed by atoms with Crippen LogP contribution in [0.1, 0.15) is 133 Å². The lowest BCUT2D eigenvalue weighted by atomic mass is 9.79. The highest BCUT2D eigenvalue weighted by Gasteiger charge is 2.25. The molecular weight excluding hydrogens is 358 g/mol. The summed E-state index contributed by atoms with van der Waals surface area (Å²) < 4.78 is 0. The van der Waals surface area contributed by atoms with Crippen molar-refractivity contribution in [3.8, 4) is 5.75 Å². The number of hydrogen-bond acceptors (Lipinski definition) is 2. The Morgan fingerprint density at radius 1 is 0.862 bits per heavy atom. The average Bonchev–Trinajstić information content (AvgIpc) is 2.76. The molecule has 0 unspecified atom stereocenters. The first kappa shape index (κ1) is 22.2. The molecule has 3 nitrogen and oxygen atoms in total. The molecular formula is C26H41NO2. The van der Waals surface area contributed by atoms with Crippen LogP contribution in [0.2, 0.25) is 0 Å². The lowest BCUT2D eigenvalue weighted by Gasteiger charge is -2.28. The first-order valence-corrected chi connectivity index (χ1v) is 12.4. The molecule has 2 aliphatic rings. The van der Waals surface area contributed by atoms with Gasteiger partial charge in [0.25, 0.3) is 0 Å². The maximum absolute atomic E-state index is 12.5. The standard InChI is InChI=1S/C26H41NO2/c1-2-3-4-5-12-17-25(28)27-22-18-23(20-13-8-6-9-14-20)26(29)24(19-22)21-15-10-7-11-16-21/h18-21,29H,2-17H2,1H3,(H,27,28). The van der Waals surface area contributed by atoms with E-state index in [0.29, 0.717) is 24.0 Å². The fraction of sp³-hybridized carbons (Fsp3) is 0.731. The van der Waals surface area contributed by atoms with Crippen molar-refractivity contribution in [2.45, 2.75) is 121 Å². The van der Waals surface area contributed by atoms with Crippen LogP contribution in [0.4, 0.5) is 5.69 Å². The van der Waals surface area contributed by atoms with Gasteiger partial charge in [-0.15, -0.1) is 0 Å². The second-order valence-electron chi connectivity index (χ2n) is 9.39. The monoisotopic (exact) mass is 399 g/mol. The number of benzene rings is 1. The predicted octanol–water partition coefficient (Wildman–Crippen LogP) is 7.79. The molecule has 1 aromatic carbocycles. The zero-order valence-corrected chi connectivity index (χ0v) is 18.5. The lowest BCUT2D eigenvalue weighted by Crippen LogP contribution is -2.14. The third kappa shape index (κ3) is 6.49. The molecule has 3 heteroatoms. The van der Waals surface area contributed by atoms with Crippen molar-refractivity contribution in [2.75, 3.05) is 5.32 Å². The number of carbonyl (C=O) groups is 1. The molecule has 0 aromatic heterocycles. The van der Waals surface area contributed by atoms with Crippen molar-refractivity contribution < 1.29 is 9.90 Å². The van der Waals surface area contributed by atoms with Gasteiger partial charge in [-0.3, -0.25) is 4.79 Å². The quantitative estimate of drug-likeness (QED) is 0.329. The number of aromatic hydroxyl groups is 1. The van der Waals surface area contributed by atoms with Gasteiger partial charge in [0.2, 0.25) is 5.91 Å². The minimum atomic E-state index is 0.122. The molecule has 2 N–H and O–H groups in total. The number of hydrogen-bond donors (Lipinski definition) is 2. The Bertz CT molecular complexity index is 603. The van der Waals surface area contributed by atoms with E-state index >= 15 is 0 Å². The van der Waals surface area contributed by atoms with E-state index in [9.17, 15) is 9.90 Å². The zero-order chi connectivity index (χ0) is 20.5. The molecule has 2 saturated carbocycles. The second-order valence-corrected chi connectivity index (χ2v) is 9.39. The molecule has 2 aliphatic carbocycles. The molecule has 29 heavy (non-hydrogen) atoms. The molecule has 1 aromatic rings. The van der Waals surface area contributed by atoms with Gasteiger partial charge in [0.15, 0.2) is 0 Å². The smallest absolute Gasteiger partial charge is 0.224 e. The minimum Gasteiger partial charge on any atom is -0.507 e. The summed E-state index contributed by atoms with van der Waals surface area (Å²) in [5, 5.41) is 14.3. The van der Waals surface area contributed by atoms with Crippen LogP contribution in [0.25, 0.3) is 0 Å². The van der Waals surface area contributed by atoms with Crippen LogP contribution >= 0.6 is 0 Å². The second kappa shape index (κ2) is 11.6. The highest BCUT2D eigenvalue weighted by atomic mass is 16.3. The van der Waals surface area contributed by atoms with Crippen LogP contribution in [0.15, 0.2) is 12.1 Å². The molecule has 1 amide bonds. The topological polar surface area (TPSA) is 49.3 Å². The van der Waals surface area contributed by atoms with Crippen LogP contribution in [-0.4, -0.2) is 11.0 Å². The molecule has 0 spiro atoms. The fourth-order valence-electron chi connectivity index (χ4n) is 5.31.